The standard InChI is InChI=1S/C13H20N4O3/c1-15(2)10-4-3-5-16(8-10)9-13(18)12-6-11(7-14-12)17(19)20/h6-7,10,14H,3-5,8-9H2,1-2H3. The molecule has 1 aliphatic rings. The minimum absolute atomic E-state index is 0.0711. The Hall–Kier alpha value is -1.73. The molecule has 1 aromatic rings. The molecule has 1 atom stereocenters. The van der Waals surface area contributed by atoms with E-state index in [0.29, 0.717) is 18.3 Å². The number of carbonyl (C=O) groups excluding carboxylic acids is 1. The third kappa shape index (κ3) is 3.43. The van der Waals surface area contributed by atoms with Gasteiger partial charge in [0.1, 0.15) is 0 Å². The zero-order valence-corrected chi connectivity index (χ0v) is 11.8. The molecule has 0 aromatic carbocycles. The molecule has 2 heterocycles. The van der Waals surface area contributed by atoms with E-state index in [1.807, 2.05) is 14.1 Å². The van der Waals surface area contributed by atoms with E-state index in [0.717, 1.165) is 25.9 Å². The second kappa shape index (κ2) is 6.15. The number of likely N-dealkylation sites (N-methyl/N-ethyl adjacent to an activating group) is 1. The predicted octanol–water partition coefficient (Wildman–Crippen LogP) is 1.13. The lowest BCUT2D eigenvalue weighted by atomic mass is 10.0. The number of nitrogens with one attached hydrogen (secondary N) is 1. The van der Waals surface area contributed by atoms with Crippen LogP contribution in [0.3, 0.4) is 0 Å². The molecule has 0 aliphatic carbocycles. The highest BCUT2D eigenvalue weighted by atomic mass is 16.6. The molecule has 20 heavy (non-hydrogen) atoms. The maximum Gasteiger partial charge on any atom is 0.287 e. The smallest absolute Gasteiger partial charge is 0.287 e. The van der Waals surface area contributed by atoms with Crippen molar-refractivity contribution in [2.45, 2.75) is 18.9 Å². The molecule has 1 N–H and O–H groups in total. The first kappa shape index (κ1) is 14.7. The third-order valence-electron chi connectivity index (χ3n) is 3.76. The van der Waals surface area contributed by atoms with Crippen LogP contribution in [0, 0.1) is 10.1 Å². The van der Waals surface area contributed by atoms with Crippen LogP contribution in [-0.2, 0) is 0 Å². The number of nitro groups is 1. The van der Waals surface area contributed by atoms with E-state index in [2.05, 4.69) is 14.8 Å². The van der Waals surface area contributed by atoms with Gasteiger partial charge in [0.15, 0.2) is 5.78 Å². The lowest BCUT2D eigenvalue weighted by Gasteiger charge is -2.35. The van der Waals surface area contributed by atoms with Crippen LogP contribution in [0.2, 0.25) is 0 Å². The Balaban J connectivity index is 1.95. The average molecular weight is 280 g/mol. The van der Waals surface area contributed by atoms with Crippen molar-refractivity contribution in [1.29, 1.82) is 0 Å². The Morgan fingerprint density at radius 3 is 2.95 bits per heavy atom. The molecule has 1 fully saturated rings. The number of nitrogens with zero attached hydrogens (tertiary/aromatic N) is 3. The van der Waals surface area contributed by atoms with E-state index in [9.17, 15) is 14.9 Å². The van der Waals surface area contributed by atoms with Crippen LogP contribution in [0.15, 0.2) is 12.3 Å². The number of Topliss-reactive ketones (excluding diaryl/α,β-unsaturated/α-hetero) is 1. The molecule has 0 amide bonds. The Labute approximate surface area is 117 Å². The average Bonchev–Trinajstić information content (AvgIpc) is 2.88. The van der Waals surface area contributed by atoms with E-state index >= 15 is 0 Å². The van der Waals surface area contributed by atoms with Gasteiger partial charge in [-0.15, -0.1) is 0 Å². The predicted molar refractivity (Wildman–Crippen MR) is 74.9 cm³/mol. The molecule has 2 rings (SSSR count). The summed E-state index contributed by atoms with van der Waals surface area (Å²) in [7, 11) is 4.09. The minimum atomic E-state index is -0.504. The highest BCUT2D eigenvalue weighted by Crippen LogP contribution is 2.16. The van der Waals surface area contributed by atoms with Crippen LogP contribution in [0.5, 0.6) is 0 Å². The maximum absolute atomic E-state index is 12.1. The largest absolute Gasteiger partial charge is 0.353 e. The maximum atomic E-state index is 12.1. The number of aromatic nitrogens is 1. The second-order valence-electron chi connectivity index (χ2n) is 5.45. The molecule has 1 aromatic heterocycles. The van der Waals surface area contributed by atoms with Crippen molar-refractivity contribution in [3.05, 3.63) is 28.1 Å². The minimum Gasteiger partial charge on any atom is -0.353 e. The third-order valence-corrected chi connectivity index (χ3v) is 3.76. The van der Waals surface area contributed by atoms with Crippen molar-refractivity contribution in [3.8, 4) is 0 Å². The number of carbonyl (C=O) groups is 1. The summed E-state index contributed by atoms with van der Waals surface area (Å²) in [4.78, 5) is 29.2. The highest BCUT2D eigenvalue weighted by Gasteiger charge is 2.24. The SMILES string of the molecule is CN(C)C1CCCN(CC(=O)c2cc([N+](=O)[O-])c[nH]2)C1. The summed E-state index contributed by atoms with van der Waals surface area (Å²) in [6.07, 6.45) is 3.47. The number of likely N-dealkylation sites (tertiary alicyclic amines) is 1. The van der Waals surface area contributed by atoms with Crippen LogP contribution in [-0.4, -0.2) is 65.3 Å². The van der Waals surface area contributed by atoms with Gasteiger partial charge in [0.25, 0.3) is 5.69 Å². The van der Waals surface area contributed by atoms with Gasteiger partial charge in [-0.1, -0.05) is 0 Å². The molecule has 0 bridgehead atoms. The van der Waals surface area contributed by atoms with E-state index in [1.54, 1.807) is 0 Å². The van der Waals surface area contributed by atoms with Gasteiger partial charge in [-0.05, 0) is 33.5 Å². The number of H-pyrrole nitrogens is 1. The van der Waals surface area contributed by atoms with Crippen molar-refractivity contribution in [1.82, 2.24) is 14.8 Å². The molecule has 1 saturated heterocycles. The monoisotopic (exact) mass is 280 g/mol. The Bertz CT molecular complexity index is 498. The van der Waals surface area contributed by atoms with E-state index < -0.39 is 4.92 Å². The normalized spacial score (nSPS) is 20.2. The molecule has 110 valence electrons. The molecular formula is C13H20N4O3. The van der Waals surface area contributed by atoms with Crippen molar-refractivity contribution >= 4 is 11.5 Å². The topological polar surface area (TPSA) is 82.5 Å². The van der Waals surface area contributed by atoms with E-state index in [-0.39, 0.29) is 11.5 Å². The van der Waals surface area contributed by atoms with Crippen LogP contribution in [0.1, 0.15) is 23.3 Å². The summed E-state index contributed by atoms with van der Waals surface area (Å²) in [5.74, 6) is -0.0995. The fraction of sp³-hybridized carbons (Fsp3) is 0.615. The molecule has 1 aliphatic heterocycles. The van der Waals surface area contributed by atoms with Gasteiger partial charge >= 0.3 is 0 Å². The van der Waals surface area contributed by atoms with Crippen LogP contribution in [0.25, 0.3) is 0 Å². The number of piperidine rings is 1. The van der Waals surface area contributed by atoms with E-state index in [1.165, 1.54) is 12.3 Å². The summed E-state index contributed by atoms with van der Waals surface area (Å²) in [5.41, 5.74) is 0.238. The van der Waals surface area contributed by atoms with Gasteiger partial charge in [-0.3, -0.25) is 19.8 Å². The van der Waals surface area contributed by atoms with Gasteiger partial charge in [0.2, 0.25) is 0 Å². The van der Waals surface area contributed by atoms with Crippen LogP contribution < -0.4 is 0 Å². The van der Waals surface area contributed by atoms with E-state index in [4.69, 9.17) is 0 Å². The molecule has 7 heteroatoms. The van der Waals surface area contributed by atoms with Gasteiger partial charge in [0, 0.05) is 18.7 Å². The Kier molecular flexibility index (Phi) is 4.51. The summed E-state index contributed by atoms with van der Waals surface area (Å²) in [6.45, 7) is 2.07. The van der Waals surface area contributed by atoms with Gasteiger partial charge in [-0.25, -0.2) is 0 Å². The van der Waals surface area contributed by atoms with Gasteiger partial charge in [-0.2, -0.15) is 0 Å². The highest BCUT2D eigenvalue weighted by molar-refractivity contribution is 5.96. The molecular weight excluding hydrogens is 260 g/mol. The zero-order valence-electron chi connectivity index (χ0n) is 11.8. The first-order valence-corrected chi connectivity index (χ1v) is 6.72. The molecule has 0 spiro atoms. The Morgan fingerprint density at radius 2 is 2.35 bits per heavy atom. The fourth-order valence-corrected chi connectivity index (χ4v) is 2.53. The first-order valence-electron chi connectivity index (χ1n) is 6.72. The second-order valence-corrected chi connectivity index (χ2v) is 5.45. The van der Waals surface area contributed by atoms with Crippen LogP contribution >= 0.6 is 0 Å². The van der Waals surface area contributed by atoms with Crippen molar-refractivity contribution in [2.75, 3.05) is 33.7 Å². The van der Waals surface area contributed by atoms with Gasteiger partial charge in [0.05, 0.1) is 23.4 Å². The summed E-state index contributed by atoms with van der Waals surface area (Å²) in [5, 5.41) is 10.6. The molecule has 0 saturated carbocycles. The fourth-order valence-electron chi connectivity index (χ4n) is 2.53. The van der Waals surface area contributed by atoms with Crippen molar-refractivity contribution < 1.29 is 9.72 Å². The number of ketones is 1. The first-order chi connectivity index (χ1) is 9.47. The molecule has 7 nitrogen and oxygen atoms in total. The van der Waals surface area contributed by atoms with Crippen molar-refractivity contribution in [3.63, 3.8) is 0 Å². The number of rotatable bonds is 5. The quantitative estimate of drug-likeness (QED) is 0.496. The molecule has 0 radical (unpaired) electrons. The molecule has 1 unspecified atom stereocenters. The number of hydrogen-bond donors (Lipinski definition) is 1. The summed E-state index contributed by atoms with van der Waals surface area (Å²) in [6, 6.07) is 1.77. The van der Waals surface area contributed by atoms with Crippen LogP contribution in [0.4, 0.5) is 5.69 Å². The van der Waals surface area contributed by atoms with Crippen molar-refractivity contribution in [2.24, 2.45) is 0 Å². The number of aromatic amines is 1. The number of hydrogen-bond acceptors (Lipinski definition) is 5. The Morgan fingerprint density at radius 1 is 1.60 bits per heavy atom. The lowest BCUT2D eigenvalue weighted by Crippen LogP contribution is -2.46. The zero-order chi connectivity index (χ0) is 14.7. The summed E-state index contributed by atoms with van der Waals surface area (Å²) < 4.78 is 0. The van der Waals surface area contributed by atoms with Gasteiger partial charge < -0.3 is 9.88 Å². The summed E-state index contributed by atoms with van der Waals surface area (Å²) >= 11 is 0. The lowest BCUT2D eigenvalue weighted by molar-refractivity contribution is -0.384.